The number of halogens is 1. The molecule has 2 rings (SSSR count). The van der Waals surface area contributed by atoms with Crippen LogP contribution in [0.15, 0.2) is 41.5 Å². The maximum Gasteiger partial charge on any atom is 0.341 e. The van der Waals surface area contributed by atoms with Crippen LogP contribution < -0.4 is 19.6 Å². The Bertz CT molecular complexity index is 885. The lowest BCUT2D eigenvalue weighted by molar-refractivity contribution is -0.139. The lowest BCUT2D eigenvalue weighted by atomic mass is 10.2. The highest BCUT2D eigenvalue weighted by molar-refractivity contribution is 6.32. The molecule has 0 aliphatic carbocycles. The van der Waals surface area contributed by atoms with Gasteiger partial charge in [-0.1, -0.05) is 11.6 Å². The van der Waals surface area contributed by atoms with Gasteiger partial charge in [-0.05, 0) is 48.9 Å². The molecule has 8 nitrogen and oxygen atoms in total. The van der Waals surface area contributed by atoms with Crippen molar-refractivity contribution in [3.63, 3.8) is 0 Å². The van der Waals surface area contributed by atoms with E-state index in [0.717, 1.165) is 0 Å². The minimum Gasteiger partial charge on any atom is -0.493 e. The smallest absolute Gasteiger partial charge is 0.341 e. The zero-order valence-electron chi connectivity index (χ0n) is 15.3. The Morgan fingerprint density at radius 1 is 1.14 bits per heavy atom. The number of hydrazone groups is 1. The van der Waals surface area contributed by atoms with Crippen molar-refractivity contribution in [2.24, 2.45) is 5.10 Å². The second-order valence-electron chi connectivity index (χ2n) is 5.37. The number of carboxylic acid groups (broad SMARTS) is 1. The molecule has 0 aliphatic rings. The molecule has 0 bridgehead atoms. The van der Waals surface area contributed by atoms with E-state index in [0.29, 0.717) is 29.2 Å². The molecule has 0 atom stereocenters. The van der Waals surface area contributed by atoms with Crippen LogP contribution in [0.2, 0.25) is 5.02 Å². The summed E-state index contributed by atoms with van der Waals surface area (Å²) in [6, 6.07) is 9.48. The summed E-state index contributed by atoms with van der Waals surface area (Å²) in [7, 11) is 1.52. The molecular formula is C19H19ClN2O6. The number of hydrogen-bond acceptors (Lipinski definition) is 6. The lowest BCUT2D eigenvalue weighted by Gasteiger charge is -2.10. The zero-order valence-corrected chi connectivity index (χ0v) is 16.0. The van der Waals surface area contributed by atoms with Gasteiger partial charge in [0.2, 0.25) is 0 Å². The third-order valence-corrected chi connectivity index (χ3v) is 3.71. The van der Waals surface area contributed by atoms with Crippen LogP contribution >= 0.6 is 11.6 Å². The van der Waals surface area contributed by atoms with Crippen molar-refractivity contribution in [3.8, 4) is 17.2 Å². The number of amides is 1. The van der Waals surface area contributed by atoms with E-state index in [1.165, 1.54) is 25.5 Å². The summed E-state index contributed by atoms with van der Waals surface area (Å²) < 4.78 is 15.7. The highest BCUT2D eigenvalue weighted by Gasteiger charge is 2.10. The first-order valence-corrected chi connectivity index (χ1v) is 8.60. The van der Waals surface area contributed by atoms with Gasteiger partial charge in [0.25, 0.3) is 5.91 Å². The number of carbonyl (C=O) groups is 2. The average molecular weight is 407 g/mol. The van der Waals surface area contributed by atoms with Gasteiger partial charge in [-0.2, -0.15) is 5.10 Å². The summed E-state index contributed by atoms with van der Waals surface area (Å²) >= 11 is 6.03. The second-order valence-corrected chi connectivity index (χ2v) is 5.78. The van der Waals surface area contributed by atoms with Gasteiger partial charge < -0.3 is 19.3 Å². The third-order valence-electron chi connectivity index (χ3n) is 3.41. The first kappa shape index (κ1) is 21.0. The zero-order chi connectivity index (χ0) is 20.5. The SMILES string of the molecule is CCOc1cc(C(=O)N/N=C/c2ccc(OCC(=O)O)c(Cl)c2)ccc1OC. The monoisotopic (exact) mass is 406 g/mol. The van der Waals surface area contributed by atoms with E-state index in [1.807, 2.05) is 6.92 Å². The fourth-order valence-corrected chi connectivity index (χ4v) is 2.41. The van der Waals surface area contributed by atoms with E-state index < -0.39 is 18.5 Å². The van der Waals surface area contributed by atoms with Crippen molar-refractivity contribution in [2.75, 3.05) is 20.3 Å². The standard InChI is InChI=1S/C19H19ClN2O6/c1-3-27-17-9-13(5-7-16(17)26-2)19(25)22-21-10-12-4-6-15(14(20)8-12)28-11-18(23)24/h4-10H,3,11H2,1-2H3,(H,22,25)(H,23,24)/b21-10+. The third kappa shape index (κ3) is 5.88. The quantitative estimate of drug-likeness (QED) is 0.489. The van der Waals surface area contributed by atoms with Crippen LogP contribution in [0, 0.1) is 0 Å². The number of nitrogens with zero attached hydrogens (tertiary/aromatic N) is 1. The van der Waals surface area contributed by atoms with Gasteiger partial charge in [0, 0.05) is 5.56 Å². The van der Waals surface area contributed by atoms with Crippen LogP contribution in [0.4, 0.5) is 0 Å². The van der Waals surface area contributed by atoms with Crippen molar-refractivity contribution in [1.82, 2.24) is 5.43 Å². The van der Waals surface area contributed by atoms with Crippen molar-refractivity contribution >= 4 is 29.7 Å². The highest BCUT2D eigenvalue weighted by atomic mass is 35.5. The molecule has 0 aliphatic heterocycles. The van der Waals surface area contributed by atoms with Crippen molar-refractivity contribution in [1.29, 1.82) is 0 Å². The maximum atomic E-state index is 12.2. The van der Waals surface area contributed by atoms with Crippen LogP contribution in [0.1, 0.15) is 22.8 Å². The molecule has 0 saturated carbocycles. The first-order valence-electron chi connectivity index (χ1n) is 8.23. The van der Waals surface area contributed by atoms with E-state index in [1.54, 1.807) is 24.3 Å². The molecule has 0 aromatic heterocycles. The van der Waals surface area contributed by atoms with Crippen LogP contribution in [0.5, 0.6) is 17.2 Å². The summed E-state index contributed by atoms with van der Waals surface area (Å²) in [5.74, 6) is -0.290. The number of nitrogens with one attached hydrogen (secondary N) is 1. The van der Waals surface area contributed by atoms with Gasteiger partial charge in [0.05, 0.1) is 25.0 Å². The fraction of sp³-hybridized carbons (Fsp3) is 0.211. The molecule has 28 heavy (non-hydrogen) atoms. The van der Waals surface area contributed by atoms with Crippen molar-refractivity contribution in [3.05, 3.63) is 52.5 Å². The van der Waals surface area contributed by atoms with Gasteiger partial charge in [-0.25, -0.2) is 10.2 Å². The Balaban J connectivity index is 2.02. The molecule has 2 aromatic carbocycles. The minimum atomic E-state index is -1.10. The van der Waals surface area contributed by atoms with Gasteiger partial charge in [-0.3, -0.25) is 4.79 Å². The number of carbonyl (C=O) groups excluding carboxylic acids is 1. The Hall–Kier alpha value is -3.26. The van der Waals surface area contributed by atoms with E-state index in [9.17, 15) is 9.59 Å². The average Bonchev–Trinajstić information content (AvgIpc) is 2.67. The molecule has 0 saturated heterocycles. The molecule has 1 amide bonds. The fourth-order valence-electron chi connectivity index (χ4n) is 2.17. The number of aliphatic carboxylic acids is 1. The summed E-state index contributed by atoms with van der Waals surface area (Å²) in [4.78, 5) is 22.8. The molecule has 0 heterocycles. The molecule has 0 radical (unpaired) electrons. The van der Waals surface area contributed by atoms with E-state index >= 15 is 0 Å². The molecule has 0 unspecified atom stereocenters. The lowest BCUT2D eigenvalue weighted by Crippen LogP contribution is -2.17. The predicted molar refractivity (Wildman–Crippen MR) is 104 cm³/mol. The topological polar surface area (TPSA) is 106 Å². The van der Waals surface area contributed by atoms with Gasteiger partial charge in [0.1, 0.15) is 5.75 Å². The van der Waals surface area contributed by atoms with Crippen LogP contribution in [0.25, 0.3) is 0 Å². The highest BCUT2D eigenvalue weighted by Crippen LogP contribution is 2.28. The Morgan fingerprint density at radius 3 is 2.54 bits per heavy atom. The van der Waals surface area contributed by atoms with Crippen LogP contribution in [-0.2, 0) is 4.79 Å². The Labute approximate surface area is 166 Å². The van der Waals surface area contributed by atoms with Gasteiger partial charge in [0.15, 0.2) is 18.1 Å². The minimum absolute atomic E-state index is 0.230. The molecule has 148 valence electrons. The summed E-state index contributed by atoms with van der Waals surface area (Å²) in [5.41, 5.74) is 3.36. The molecular weight excluding hydrogens is 388 g/mol. The first-order chi connectivity index (χ1) is 13.4. The largest absolute Gasteiger partial charge is 0.493 e. The van der Waals surface area contributed by atoms with Gasteiger partial charge >= 0.3 is 5.97 Å². The van der Waals surface area contributed by atoms with E-state index in [2.05, 4.69) is 10.5 Å². The van der Waals surface area contributed by atoms with Crippen molar-refractivity contribution in [2.45, 2.75) is 6.92 Å². The Kier molecular flexibility index (Phi) is 7.65. The number of benzene rings is 2. The van der Waals surface area contributed by atoms with E-state index in [4.69, 9.17) is 30.9 Å². The molecule has 0 fully saturated rings. The maximum absolute atomic E-state index is 12.2. The Morgan fingerprint density at radius 2 is 1.89 bits per heavy atom. The number of hydrogen-bond donors (Lipinski definition) is 2. The molecule has 2 aromatic rings. The number of ether oxygens (including phenoxy) is 3. The summed E-state index contributed by atoms with van der Waals surface area (Å²) in [6.45, 7) is 1.78. The summed E-state index contributed by atoms with van der Waals surface area (Å²) in [5, 5.41) is 12.7. The second kappa shape index (κ2) is 10.2. The number of methoxy groups -OCH3 is 1. The summed E-state index contributed by atoms with van der Waals surface area (Å²) in [6.07, 6.45) is 1.40. The molecule has 0 spiro atoms. The van der Waals surface area contributed by atoms with E-state index in [-0.39, 0.29) is 10.8 Å². The van der Waals surface area contributed by atoms with Crippen LogP contribution in [0.3, 0.4) is 0 Å². The number of carboxylic acids is 1. The molecule has 2 N–H and O–H groups in total. The van der Waals surface area contributed by atoms with Crippen molar-refractivity contribution < 1.29 is 28.9 Å². The number of rotatable bonds is 9. The predicted octanol–water partition coefficient (Wildman–Crippen LogP) is 2.97. The molecule has 9 heteroatoms. The van der Waals surface area contributed by atoms with Crippen LogP contribution in [-0.4, -0.2) is 43.5 Å². The normalized spacial score (nSPS) is 10.5. The van der Waals surface area contributed by atoms with Gasteiger partial charge in [-0.15, -0.1) is 0 Å².